The van der Waals surface area contributed by atoms with Gasteiger partial charge in [-0.05, 0) is 38.3 Å². The number of ether oxygens (including phenoxy) is 1. The lowest BCUT2D eigenvalue weighted by Crippen LogP contribution is -2.47. The minimum atomic E-state index is 0.547. The molecule has 1 aliphatic carbocycles. The molecule has 0 amide bonds. The van der Waals surface area contributed by atoms with E-state index in [1.165, 1.54) is 25.8 Å². The van der Waals surface area contributed by atoms with E-state index in [9.17, 15) is 0 Å². The molecule has 0 aromatic carbocycles. The summed E-state index contributed by atoms with van der Waals surface area (Å²) in [4.78, 5) is 2.65. The molecule has 0 spiro atoms. The summed E-state index contributed by atoms with van der Waals surface area (Å²) in [7, 11) is 1.81. The first kappa shape index (κ1) is 14.9. The van der Waals surface area contributed by atoms with E-state index in [0.29, 0.717) is 6.04 Å². The highest BCUT2D eigenvalue weighted by atomic mass is 16.5. The Morgan fingerprint density at radius 2 is 2.00 bits per heavy atom. The molecular weight excluding hydrogens is 212 g/mol. The highest BCUT2D eigenvalue weighted by Crippen LogP contribution is 2.28. The van der Waals surface area contributed by atoms with Crippen molar-refractivity contribution in [3.63, 3.8) is 0 Å². The maximum absolute atomic E-state index is 5.39. The van der Waals surface area contributed by atoms with Gasteiger partial charge in [0.05, 0.1) is 6.61 Å². The molecule has 1 rings (SSSR count). The van der Waals surface area contributed by atoms with Crippen LogP contribution in [0, 0.1) is 5.92 Å². The van der Waals surface area contributed by atoms with Crippen molar-refractivity contribution in [1.82, 2.24) is 10.2 Å². The summed E-state index contributed by atoms with van der Waals surface area (Å²) in [5.74, 6) is 0.721. The Hall–Kier alpha value is -0.120. The fourth-order valence-electron chi connectivity index (χ4n) is 2.33. The zero-order chi connectivity index (χ0) is 12.7. The minimum Gasteiger partial charge on any atom is -0.383 e. The zero-order valence-corrected chi connectivity index (χ0v) is 12.0. The largest absolute Gasteiger partial charge is 0.383 e. The molecule has 17 heavy (non-hydrogen) atoms. The van der Waals surface area contributed by atoms with E-state index in [4.69, 9.17) is 4.74 Å². The average molecular weight is 242 g/mol. The zero-order valence-electron chi connectivity index (χ0n) is 12.0. The summed E-state index contributed by atoms with van der Waals surface area (Å²) in [5, 5.41) is 3.57. The molecule has 1 aliphatic rings. The molecule has 0 bridgehead atoms. The van der Waals surface area contributed by atoms with Crippen LogP contribution in [0.1, 0.15) is 40.0 Å². The molecule has 0 aliphatic heterocycles. The molecule has 0 aromatic heterocycles. The van der Waals surface area contributed by atoms with Gasteiger partial charge >= 0.3 is 0 Å². The van der Waals surface area contributed by atoms with E-state index >= 15 is 0 Å². The van der Waals surface area contributed by atoms with Crippen LogP contribution in [0.2, 0.25) is 0 Å². The number of methoxy groups -OCH3 is 1. The lowest BCUT2D eigenvalue weighted by atomic mass is 10.2. The summed E-state index contributed by atoms with van der Waals surface area (Å²) < 4.78 is 5.39. The quantitative estimate of drug-likeness (QED) is 0.635. The first-order valence-corrected chi connectivity index (χ1v) is 7.14. The number of rotatable bonds is 10. The van der Waals surface area contributed by atoms with Gasteiger partial charge in [0, 0.05) is 25.7 Å². The molecule has 0 radical (unpaired) electrons. The molecule has 1 atom stereocenters. The maximum Gasteiger partial charge on any atom is 0.0630 e. The standard InChI is InChI=1S/C14H30N2O/c1-5-8-16(13-6-7-13)14(11-17-4)10-15-9-12(2)3/h12-15H,5-11H2,1-4H3. The molecule has 3 heteroatoms. The molecule has 1 saturated carbocycles. The maximum atomic E-state index is 5.39. The first-order valence-electron chi connectivity index (χ1n) is 7.14. The molecule has 102 valence electrons. The third-order valence-electron chi connectivity index (χ3n) is 3.26. The summed E-state index contributed by atoms with van der Waals surface area (Å²) in [6.07, 6.45) is 4.00. The Balaban J connectivity index is 2.37. The molecule has 0 aromatic rings. The Kier molecular flexibility index (Phi) is 7.09. The van der Waals surface area contributed by atoms with Gasteiger partial charge < -0.3 is 10.1 Å². The van der Waals surface area contributed by atoms with Gasteiger partial charge in [-0.2, -0.15) is 0 Å². The Morgan fingerprint density at radius 3 is 2.47 bits per heavy atom. The molecule has 0 heterocycles. The van der Waals surface area contributed by atoms with Crippen molar-refractivity contribution in [2.45, 2.75) is 52.1 Å². The first-order chi connectivity index (χ1) is 8.19. The highest BCUT2D eigenvalue weighted by molar-refractivity contribution is 4.89. The van der Waals surface area contributed by atoms with Gasteiger partial charge in [-0.15, -0.1) is 0 Å². The second-order valence-corrected chi connectivity index (χ2v) is 5.63. The van der Waals surface area contributed by atoms with Crippen LogP contribution < -0.4 is 5.32 Å². The molecule has 1 N–H and O–H groups in total. The van der Waals surface area contributed by atoms with Crippen molar-refractivity contribution in [2.75, 3.05) is 33.4 Å². The number of hydrogen-bond donors (Lipinski definition) is 1. The number of hydrogen-bond acceptors (Lipinski definition) is 3. The van der Waals surface area contributed by atoms with Gasteiger partial charge in [-0.25, -0.2) is 0 Å². The van der Waals surface area contributed by atoms with E-state index in [-0.39, 0.29) is 0 Å². The topological polar surface area (TPSA) is 24.5 Å². The smallest absolute Gasteiger partial charge is 0.0630 e. The van der Waals surface area contributed by atoms with Gasteiger partial charge in [-0.1, -0.05) is 20.8 Å². The molecule has 0 saturated heterocycles. The van der Waals surface area contributed by atoms with E-state index in [1.807, 2.05) is 7.11 Å². The van der Waals surface area contributed by atoms with Gasteiger partial charge in [0.1, 0.15) is 0 Å². The predicted molar refractivity (Wildman–Crippen MR) is 73.4 cm³/mol. The number of nitrogens with one attached hydrogen (secondary N) is 1. The monoisotopic (exact) mass is 242 g/mol. The third kappa shape index (κ3) is 5.84. The normalized spacial score (nSPS) is 18.0. The van der Waals surface area contributed by atoms with Crippen LogP contribution in [0.4, 0.5) is 0 Å². The Morgan fingerprint density at radius 1 is 1.29 bits per heavy atom. The van der Waals surface area contributed by atoms with Crippen molar-refractivity contribution in [1.29, 1.82) is 0 Å². The van der Waals surface area contributed by atoms with Crippen molar-refractivity contribution in [3.05, 3.63) is 0 Å². The van der Waals surface area contributed by atoms with Crippen LogP contribution in [-0.2, 0) is 4.74 Å². The molecule has 3 nitrogen and oxygen atoms in total. The second kappa shape index (κ2) is 8.06. The van der Waals surface area contributed by atoms with Crippen molar-refractivity contribution in [2.24, 2.45) is 5.92 Å². The van der Waals surface area contributed by atoms with Crippen LogP contribution in [-0.4, -0.2) is 50.3 Å². The second-order valence-electron chi connectivity index (χ2n) is 5.63. The lowest BCUT2D eigenvalue weighted by Gasteiger charge is -2.31. The van der Waals surface area contributed by atoms with E-state index in [1.54, 1.807) is 0 Å². The fourth-order valence-corrected chi connectivity index (χ4v) is 2.33. The predicted octanol–water partition coefficient (Wildman–Crippen LogP) is 2.12. The van der Waals surface area contributed by atoms with Crippen LogP contribution >= 0.6 is 0 Å². The summed E-state index contributed by atoms with van der Waals surface area (Å²) in [6.45, 7) is 11.0. The van der Waals surface area contributed by atoms with Crippen LogP contribution in [0.5, 0.6) is 0 Å². The summed E-state index contributed by atoms with van der Waals surface area (Å²) in [6, 6.07) is 1.38. The van der Waals surface area contributed by atoms with Crippen LogP contribution in [0.3, 0.4) is 0 Å². The lowest BCUT2D eigenvalue weighted by molar-refractivity contribution is 0.0834. The van der Waals surface area contributed by atoms with Crippen LogP contribution in [0.15, 0.2) is 0 Å². The van der Waals surface area contributed by atoms with E-state index in [2.05, 4.69) is 31.0 Å². The fraction of sp³-hybridized carbons (Fsp3) is 1.00. The van der Waals surface area contributed by atoms with Crippen molar-refractivity contribution in [3.8, 4) is 0 Å². The molecule has 1 fully saturated rings. The van der Waals surface area contributed by atoms with Gasteiger partial charge in [-0.3, -0.25) is 4.90 Å². The summed E-state index contributed by atoms with van der Waals surface area (Å²) >= 11 is 0. The van der Waals surface area contributed by atoms with Gasteiger partial charge in [0.15, 0.2) is 0 Å². The van der Waals surface area contributed by atoms with Crippen molar-refractivity contribution >= 4 is 0 Å². The average Bonchev–Trinajstić information content (AvgIpc) is 3.08. The molecule has 1 unspecified atom stereocenters. The Labute approximate surface area is 107 Å². The number of nitrogens with zero attached hydrogens (tertiary/aromatic N) is 1. The molecular formula is C14H30N2O. The van der Waals surface area contributed by atoms with E-state index in [0.717, 1.165) is 31.7 Å². The minimum absolute atomic E-state index is 0.547. The van der Waals surface area contributed by atoms with Crippen molar-refractivity contribution < 1.29 is 4.74 Å². The third-order valence-corrected chi connectivity index (χ3v) is 3.26. The van der Waals surface area contributed by atoms with Gasteiger partial charge in [0.25, 0.3) is 0 Å². The summed E-state index contributed by atoms with van der Waals surface area (Å²) in [5.41, 5.74) is 0. The highest BCUT2D eigenvalue weighted by Gasteiger charge is 2.32. The Bertz CT molecular complexity index is 193. The van der Waals surface area contributed by atoms with Gasteiger partial charge in [0.2, 0.25) is 0 Å². The van der Waals surface area contributed by atoms with E-state index < -0.39 is 0 Å². The SMILES string of the molecule is CCCN(C1CC1)C(CNCC(C)C)COC. The van der Waals surface area contributed by atoms with Crippen LogP contribution in [0.25, 0.3) is 0 Å².